The molecule has 0 atom stereocenters. The van der Waals surface area contributed by atoms with E-state index in [1.54, 1.807) is 0 Å². The predicted molar refractivity (Wildman–Crippen MR) is 88.2 cm³/mol. The Hall–Kier alpha value is -1.54. The molecule has 20 heavy (non-hydrogen) atoms. The molecule has 0 fully saturated rings. The van der Waals surface area contributed by atoms with Crippen molar-refractivity contribution in [3.63, 3.8) is 0 Å². The maximum Gasteiger partial charge on any atom is 0.0486 e. The Bertz CT molecular complexity index is 566. The second-order valence-electron chi connectivity index (χ2n) is 5.61. The van der Waals surface area contributed by atoms with E-state index in [0.717, 1.165) is 26.1 Å². The van der Waals surface area contributed by atoms with Crippen LogP contribution in [0.2, 0.25) is 0 Å². The summed E-state index contributed by atoms with van der Waals surface area (Å²) in [4.78, 5) is 0. The number of aromatic nitrogens is 1. The normalized spacial score (nSPS) is 11.1. The van der Waals surface area contributed by atoms with E-state index in [9.17, 15) is 0 Å². The topological polar surface area (TPSA) is 17.0 Å². The Morgan fingerprint density at radius 2 is 2.05 bits per heavy atom. The zero-order chi connectivity index (χ0) is 14.4. The van der Waals surface area contributed by atoms with Crippen molar-refractivity contribution < 1.29 is 0 Å². The van der Waals surface area contributed by atoms with Gasteiger partial charge in [0.25, 0.3) is 0 Å². The average molecular weight is 270 g/mol. The molecule has 108 valence electrons. The Balaban J connectivity index is 2.10. The van der Waals surface area contributed by atoms with Gasteiger partial charge >= 0.3 is 0 Å². The summed E-state index contributed by atoms with van der Waals surface area (Å²) in [5.41, 5.74) is 3.98. The summed E-state index contributed by atoms with van der Waals surface area (Å²) in [7, 11) is 0. The van der Waals surface area contributed by atoms with Crippen molar-refractivity contribution in [2.24, 2.45) is 0 Å². The summed E-state index contributed by atoms with van der Waals surface area (Å²) in [6.45, 7) is 11.5. The third kappa shape index (κ3) is 3.73. The highest BCUT2D eigenvalue weighted by Crippen LogP contribution is 2.23. The first-order chi connectivity index (χ1) is 9.72. The number of nitrogens with zero attached hydrogens (tertiary/aromatic N) is 1. The first-order valence-electron chi connectivity index (χ1n) is 7.64. The molecule has 0 radical (unpaired) electrons. The van der Waals surface area contributed by atoms with Crippen LogP contribution >= 0.6 is 0 Å². The molecule has 0 aliphatic heterocycles. The summed E-state index contributed by atoms with van der Waals surface area (Å²) in [6.07, 6.45) is 5.85. The molecule has 1 aromatic carbocycles. The lowest BCUT2D eigenvalue weighted by Gasteiger charge is -2.03. The van der Waals surface area contributed by atoms with Crippen molar-refractivity contribution in [2.75, 3.05) is 13.1 Å². The third-order valence-corrected chi connectivity index (χ3v) is 3.54. The van der Waals surface area contributed by atoms with E-state index in [-0.39, 0.29) is 0 Å². The van der Waals surface area contributed by atoms with Gasteiger partial charge in [-0.1, -0.05) is 37.3 Å². The number of hydrogen-bond donors (Lipinski definition) is 1. The highest BCUT2D eigenvalue weighted by molar-refractivity contribution is 5.84. The van der Waals surface area contributed by atoms with Crippen LogP contribution in [0.5, 0.6) is 0 Å². The maximum absolute atomic E-state index is 4.03. The maximum atomic E-state index is 4.03. The smallest absolute Gasteiger partial charge is 0.0486 e. The van der Waals surface area contributed by atoms with E-state index in [1.807, 2.05) is 0 Å². The Morgan fingerprint density at radius 1 is 1.25 bits per heavy atom. The van der Waals surface area contributed by atoms with E-state index >= 15 is 0 Å². The highest BCUT2D eigenvalue weighted by Gasteiger charge is 2.07. The molecule has 0 spiro atoms. The lowest BCUT2D eigenvalue weighted by Crippen LogP contribution is -2.16. The molecule has 1 aromatic heterocycles. The number of aryl methyl sites for hydroxylation is 1. The van der Waals surface area contributed by atoms with Crippen LogP contribution in [0.3, 0.4) is 0 Å². The highest BCUT2D eigenvalue weighted by atomic mass is 15.0. The monoisotopic (exact) mass is 270 g/mol. The molecule has 0 bridgehead atoms. The van der Waals surface area contributed by atoms with Crippen LogP contribution in [-0.4, -0.2) is 17.7 Å². The van der Waals surface area contributed by atoms with E-state index in [4.69, 9.17) is 0 Å². The Morgan fingerprint density at radius 3 is 2.80 bits per heavy atom. The number of allylic oxidation sites excluding steroid dienone is 1. The summed E-state index contributed by atoms with van der Waals surface area (Å²) < 4.78 is 2.33. The molecule has 0 aliphatic rings. The van der Waals surface area contributed by atoms with E-state index in [2.05, 4.69) is 60.8 Å². The van der Waals surface area contributed by atoms with E-state index in [1.165, 1.54) is 34.9 Å². The molecule has 0 saturated heterocycles. The van der Waals surface area contributed by atoms with Gasteiger partial charge in [-0.05, 0) is 50.9 Å². The van der Waals surface area contributed by atoms with Crippen molar-refractivity contribution in [1.82, 2.24) is 9.88 Å². The van der Waals surface area contributed by atoms with E-state index in [0.29, 0.717) is 0 Å². The second kappa shape index (κ2) is 7.30. The van der Waals surface area contributed by atoms with Crippen LogP contribution in [0, 0.1) is 0 Å². The van der Waals surface area contributed by atoms with Gasteiger partial charge < -0.3 is 9.88 Å². The van der Waals surface area contributed by atoms with Crippen LogP contribution in [0.25, 0.3) is 10.9 Å². The number of benzene rings is 1. The fourth-order valence-corrected chi connectivity index (χ4v) is 2.65. The number of nitrogens with one attached hydrogen (secondary N) is 1. The fourth-order valence-electron chi connectivity index (χ4n) is 2.65. The SMILES string of the molecule is C=C(C)Cn1cc(CCCNCCC)c2ccccc21. The number of para-hydroxylation sites is 1. The molecule has 0 saturated carbocycles. The van der Waals surface area contributed by atoms with Gasteiger partial charge in [-0.2, -0.15) is 0 Å². The van der Waals surface area contributed by atoms with Gasteiger partial charge in [-0.25, -0.2) is 0 Å². The molecule has 0 aliphatic carbocycles. The Labute approximate surface area is 122 Å². The molecule has 0 amide bonds. The van der Waals surface area contributed by atoms with Crippen LogP contribution in [0.4, 0.5) is 0 Å². The minimum atomic E-state index is 0.911. The molecule has 2 heteroatoms. The zero-order valence-corrected chi connectivity index (χ0v) is 12.8. The fraction of sp³-hybridized carbons (Fsp3) is 0.444. The zero-order valence-electron chi connectivity index (χ0n) is 12.8. The van der Waals surface area contributed by atoms with Crippen molar-refractivity contribution in [3.05, 3.63) is 48.2 Å². The molecule has 2 aromatic rings. The van der Waals surface area contributed by atoms with Gasteiger partial charge in [0, 0.05) is 23.6 Å². The van der Waals surface area contributed by atoms with Crippen LogP contribution in [0.15, 0.2) is 42.6 Å². The summed E-state index contributed by atoms with van der Waals surface area (Å²) in [5.74, 6) is 0. The minimum absolute atomic E-state index is 0.911. The van der Waals surface area contributed by atoms with Crippen molar-refractivity contribution in [3.8, 4) is 0 Å². The van der Waals surface area contributed by atoms with Crippen molar-refractivity contribution in [1.29, 1.82) is 0 Å². The van der Waals surface area contributed by atoms with Crippen LogP contribution in [-0.2, 0) is 13.0 Å². The first kappa shape index (κ1) is 14.9. The van der Waals surface area contributed by atoms with E-state index < -0.39 is 0 Å². The summed E-state index contributed by atoms with van der Waals surface area (Å²) in [5, 5.41) is 4.86. The van der Waals surface area contributed by atoms with Crippen LogP contribution < -0.4 is 5.32 Å². The third-order valence-electron chi connectivity index (χ3n) is 3.54. The largest absolute Gasteiger partial charge is 0.343 e. The number of fused-ring (bicyclic) bond motifs is 1. The first-order valence-corrected chi connectivity index (χ1v) is 7.64. The molecule has 2 rings (SSSR count). The van der Waals surface area contributed by atoms with Crippen LogP contribution in [0.1, 0.15) is 32.3 Å². The lowest BCUT2D eigenvalue weighted by atomic mass is 10.1. The Kier molecular flexibility index (Phi) is 5.42. The minimum Gasteiger partial charge on any atom is -0.343 e. The van der Waals surface area contributed by atoms with Crippen molar-refractivity contribution in [2.45, 2.75) is 39.7 Å². The molecular formula is C18H26N2. The quantitative estimate of drug-likeness (QED) is 0.563. The van der Waals surface area contributed by atoms with Gasteiger partial charge in [0.2, 0.25) is 0 Å². The predicted octanol–water partition coefficient (Wildman–Crippen LogP) is 4.15. The number of hydrogen-bond acceptors (Lipinski definition) is 1. The molecular weight excluding hydrogens is 244 g/mol. The van der Waals surface area contributed by atoms with Gasteiger partial charge in [0.05, 0.1) is 0 Å². The lowest BCUT2D eigenvalue weighted by molar-refractivity contribution is 0.640. The van der Waals surface area contributed by atoms with Gasteiger partial charge in [0.15, 0.2) is 0 Å². The van der Waals surface area contributed by atoms with Gasteiger partial charge in [-0.15, -0.1) is 0 Å². The molecule has 1 N–H and O–H groups in total. The van der Waals surface area contributed by atoms with Gasteiger partial charge in [-0.3, -0.25) is 0 Å². The summed E-state index contributed by atoms with van der Waals surface area (Å²) >= 11 is 0. The molecule has 0 unspecified atom stereocenters. The molecule has 1 heterocycles. The standard InChI is InChI=1S/C18H26N2/c1-4-11-19-12-7-8-16-14-20(13-15(2)3)18-10-6-5-9-17(16)18/h5-6,9-10,14,19H,2,4,7-8,11-13H2,1,3H3. The van der Waals surface area contributed by atoms with Crippen molar-refractivity contribution >= 4 is 10.9 Å². The number of rotatable bonds is 8. The second-order valence-corrected chi connectivity index (χ2v) is 5.61. The summed E-state index contributed by atoms with van der Waals surface area (Å²) in [6, 6.07) is 8.69. The average Bonchev–Trinajstić information content (AvgIpc) is 2.77. The van der Waals surface area contributed by atoms with Gasteiger partial charge in [0.1, 0.15) is 0 Å². The molecule has 2 nitrogen and oxygen atoms in total.